The predicted octanol–water partition coefficient (Wildman–Crippen LogP) is 1.84. The van der Waals surface area contributed by atoms with Crippen LogP contribution in [0, 0.1) is 6.92 Å². The second-order valence-electron chi connectivity index (χ2n) is 10.2. The predicted molar refractivity (Wildman–Crippen MR) is 138 cm³/mol. The summed E-state index contributed by atoms with van der Waals surface area (Å²) in [5.41, 5.74) is 0.531. The number of hydrogen-bond acceptors (Lipinski definition) is 12. The topological polar surface area (TPSA) is 192 Å². The first-order valence-electron chi connectivity index (χ1n) is 12.8. The van der Waals surface area contributed by atoms with Crippen LogP contribution in [-0.2, 0) is 9.47 Å². The molecule has 3 aliphatic rings. The van der Waals surface area contributed by atoms with Gasteiger partial charge in [-0.1, -0.05) is 18.2 Å². The van der Waals surface area contributed by atoms with Crippen molar-refractivity contribution in [2.75, 3.05) is 6.61 Å². The van der Waals surface area contributed by atoms with Gasteiger partial charge in [0.05, 0.1) is 6.42 Å². The molecule has 6 N–H and O–H groups in total. The Labute approximate surface area is 232 Å². The molecule has 0 unspecified atom stereocenters. The number of ether oxygens (including phenoxy) is 4. The lowest BCUT2D eigenvalue weighted by molar-refractivity contribution is -0.277. The number of aromatic hydroxyl groups is 3. The highest BCUT2D eigenvalue weighted by Crippen LogP contribution is 2.46. The molecular weight excluding hydrogens is 540 g/mol. The van der Waals surface area contributed by atoms with Gasteiger partial charge in [-0.3, -0.25) is 4.79 Å². The van der Waals surface area contributed by atoms with Gasteiger partial charge in [-0.25, -0.2) is 4.79 Å². The summed E-state index contributed by atoms with van der Waals surface area (Å²) in [7, 11) is 0. The van der Waals surface area contributed by atoms with Crippen molar-refractivity contribution in [3.05, 3.63) is 64.7 Å². The minimum absolute atomic E-state index is 0.0127. The van der Waals surface area contributed by atoms with Crippen molar-refractivity contribution in [2.24, 2.45) is 0 Å². The van der Waals surface area contributed by atoms with Gasteiger partial charge in [0.1, 0.15) is 77.0 Å². The normalized spacial score (nSPS) is 27.2. The second kappa shape index (κ2) is 9.93. The van der Waals surface area contributed by atoms with E-state index in [0.29, 0.717) is 5.56 Å². The molecule has 3 aliphatic heterocycles. The first-order chi connectivity index (χ1) is 19.5. The molecule has 3 heterocycles. The number of Topliss-reactive ketones (excluding diaryl/α,β-unsaturated/α-hetero) is 1. The molecule has 0 radical (unpaired) electrons. The van der Waals surface area contributed by atoms with Gasteiger partial charge in [0.2, 0.25) is 6.29 Å². The van der Waals surface area contributed by atoms with Crippen molar-refractivity contribution in [1.29, 1.82) is 0 Å². The van der Waals surface area contributed by atoms with E-state index in [1.165, 1.54) is 43.3 Å². The lowest BCUT2D eigenvalue weighted by Crippen LogP contribution is -2.60. The molecule has 6 rings (SSSR count). The average molecular weight is 567 g/mol. The van der Waals surface area contributed by atoms with Crippen LogP contribution in [0.2, 0.25) is 0 Å². The van der Waals surface area contributed by atoms with Crippen LogP contribution in [0.3, 0.4) is 0 Å². The summed E-state index contributed by atoms with van der Waals surface area (Å²) >= 11 is 0. The highest BCUT2D eigenvalue weighted by Gasteiger charge is 2.46. The Bertz CT molecular complexity index is 1570. The van der Waals surface area contributed by atoms with Crippen LogP contribution in [0.25, 0.3) is 11.1 Å². The highest BCUT2D eigenvalue weighted by atomic mass is 16.7. The quantitative estimate of drug-likeness (QED) is 0.217. The van der Waals surface area contributed by atoms with Gasteiger partial charge in [-0.05, 0) is 30.7 Å². The fourth-order valence-corrected chi connectivity index (χ4v) is 5.26. The average Bonchev–Trinajstić information content (AvgIpc) is 2.95. The molecule has 9 bridgehead atoms. The van der Waals surface area contributed by atoms with E-state index in [9.17, 15) is 40.2 Å². The maximum absolute atomic E-state index is 13.2. The monoisotopic (exact) mass is 566 g/mol. The molecule has 3 aromatic rings. The molecule has 6 atom stereocenters. The summed E-state index contributed by atoms with van der Waals surface area (Å²) in [5.74, 6) is -2.58. The zero-order valence-corrected chi connectivity index (χ0v) is 21.6. The number of ketones is 1. The Kier molecular flexibility index (Phi) is 6.50. The number of aliphatic hydroxyl groups excluding tert-OH is 3. The molecule has 12 heteroatoms. The number of phenolic OH excluding ortho intramolecular Hbond substituents is 3. The van der Waals surface area contributed by atoms with Gasteiger partial charge in [0.25, 0.3) is 0 Å². The van der Waals surface area contributed by atoms with Crippen LogP contribution in [0.15, 0.2) is 42.5 Å². The van der Waals surface area contributed by atoms with Crippen LogP contribution < -0.4 is 9.47 Å². The summed E-state index contributed by atoms with van der Waals surface area (Å²) in [4.78, 5) is 26.1. The van der Waals surface area contributed by atoms with E-state index in [-0.39, 0.29) is 51.5 Å². The summed E-state index contributed by atoms with van der Waals surface area (Å²) < 4.78 is 22.8. The van der Waals surface area contributed by atoms with E-state index in [1.54, 1.807) is 6.07 Å². The lowest BCUT2D eigenvalue weighted by atomic mass is 9.91. The first kappa shape index (κ1) is 26.8. The molecule has 41 heavy (non-hydrogen) atoms. The number of cyclic esters (lactones) is 1. The SMILES string of the molecule is Cc1c2cc3c(c1O)C(=O)C[C@@H](O3)c1ccc(O)c(c1)-c1cccc(c1O)C(=O)OC[C@@H]1O[C@@H](O2)[C@@H](O)[C@@H](O)[C@@H]1O. The third-order valence-electron chi connectivity index (χ3n) is 7.62. The maximum Gasteiger partial charge on any atom is 0.342 e. The molecule has 0 amide bonds. The van der Waals surface area contributed by atoms with E-state index in [1.807, 2.05) is 0 Å². The number of carbonyl (C=O) groups excluding carboxylic acids is 2. The number of hydrogen-bond donors (Lipinski definition) is 6. The molecule has 12 nitrogen and oxygen atoms in total. The molecule has 214 valence electrons. The number of fused-ring (bicyclic) bond motifs is 10. The van der Waals surface area contributed by atoms with Gasteiger partial charge in [-0.2, -0.15) is 0 Å². The van der Waals surface area contributed by atoms with Crippen molar-refractivity contribution in [3.63, 3.8) is 0 Å². The zero-order valence-electron chi connectivity index (χ0n) is 21.6. The Morgan fingerprint density at radius 2 is 1.56 bits per heavy atom. The summed E-state index contributed by atoms with van der Waals surface area (Å²) in [6.45, 7) is 0.879. The smallest absolute Gasteiger partial charge is 0.342 e. The number of rotatable bonds is 0. The Morgan fingerprint density at radius 1 is 0.805 bits per heavy atom. The second-order valence-corrected chi connectivity index (χ2v) is 10.2. The van der Waals surface area contributed by atoms with Gasteiger partial charge < -0.3 is 49.6 Å². The number of carbonyl (C=O) groups is 2. The van der Waals surface area contributed by atoms with E-state index in [0.717, 1.165) is 0 Å². The fourth-order valence-electron chi connectivity index (χ4n) is 5.26. The van der Waals surface area contributed by atoms with Gasteiger partial charge in [-0.15, -0.1) is 0 Å². The summed E-state index contributed by atoms with van der Waals surface area (Å²) in [5, 5.41) is 64.0. The van der Waals surface area contributed by atoms with E-state index in [2.05, 4.69) is 0 Å². The number of esters is 1. The van der Waals surface area contributed by atoms with Crippen LogP contribution >= 0.6 is 0 Å². The number of aliphatic hydroxyl groups is 3. The standard InChI is InChI=1S/C29H26O12/c1-11-18-9-20-22(23(11)32)17(31)8-19(39-20)12-5-6-16(30)15(7-12)13-3-2-4-14(24(13)33)28(37)38-10-21-25(34)26(35)27(36)29(40-18)41-21/h2-7,9,19,21,25-27,29-30,32-36H,8,10H2,1H3/t19-,21+,25-,26+,27+,29-/m1/s1. The molecule has 0 aliphatic carbocycles. The van der Waals surface area contributed by atoms with Crippen LogP contribution in [0.1, 0.15) is 44.4 Å². The zero-order chi connectivity index (χ0) is 29.2. The van der Waals surface area contributed by atoms with Crippen molar-refractivity contribution >= 4 is 11.8 Å². The molecule has 1 saturated heterocycles. The summed E-state index contributed by atoms with van der Waals surface area (Å²) in [6.07, 6.45) is -9.15. The van der Waals surface area contributed by atoms with Crippen LogP contribution in [0.5, 0.6) is 28.7 Å². The van der Waals surface area contributed by atoms with Crippen LogP contribution in [-0.4, -0.2) is 79.7 Å². The molecule has 1 fully saturated rings. The molecule has 0 aromatic heterocycles. The van der Waals surface area contributed by atoms with Crippen molar-refractivity contribution < 1.29 is 59.2 Å². The first-order valence-corrected chi connectivity index (χ1v) is 12.8. The number of phenols is 3. The van der Waals surface area contributed by atoms with Gasteiger partial charge in [0, 0.05) is 22.8 Å². The third kappa shape index (κ3) is 4.41. The van der Waals surface area contributed by atoms with E-state index >= 15 is 0 Å². The Morgan fingerprint density at radius 3 is 2.34 bits per heavy atom. The molecule has 3 aromatic carbocycles. The van der Waals surface area contributed by atoms with E-state index < -0.39 is 66.7 Å². The van der Waals surface area contributed by atoms with Crippen molar-refractivity contribution in [3.8, 4) is 39.9 Å². The highest BCUT2D eigenvalue weighted by molar-refractivity contribution is 6.03. The van der Waals surface area contributed by atoms with Gasteiger partial charge >= 0.3 is 5.97 Å². The van der Waals surface area contributed by atoms with Crippen molar-refractivity contribution in [1.82, 2.24) is 0 Å². The minimum Gasteiger partial charge on any atom is -0.507 e. The largest absolute Gasteiger partial charge is 0.507 e. The third-order valence-corrected chi connectivity index (χ3v) is 7.62. The van der Waals surface area contributed by atoms with Crippen LogP contribution in [0.4, 0.5) is 0 Å². The lowest BCUT2D eigenvalue weighted by Gasteiger charge is -2.40. The number of para-hydroxylation sites is 1. The Balaban J connectivity index is 1.52. The fraction of sp³-hybridized carbons (Fsp3) is 0.310. The minimum atomic E-state index is -1.76. The maximum atomic E-state index is 13.2. The molecule has 0 spiro atoms. The summed E-state index contributed by atoms with van der Waals surface area (Å²) in [6, 6.07) is 10.0. The van der Waals surface area contributed by atoms with Gasteiger partial charge in [0.15, 0.2) is 5.78 Å². The van der Waals surface area contributed by atoms with Crippen molar-refractivity contribution in [2.45, 2.75) is 50.2 Å². The number of benzene rings is 3. The molecule has 0 saturated carbocycles. The van der Waals surface area contributed by atoms with E-state index in [4.69, 9.17) is 18.9 Å². The molecular formula is C29H26O12. The Hall–Kier alpha value is -4.36.